The lowest BCUT2D eigenvalue weighted by molar-refractivity contribution is -0.145. The summed E-state index contributed by atoms with van der Waals surface area (Å²) in [6.45, 7) is 3.48. The van der Waals surface area contributed by atoms with Crippen molar-refractivity contribution < 1.29 is 28.6 Å². The van der Waals surface area contributed by atoms with Crippen molar-refractivity contribution in [2.75, 3.05) is 39.5 Å². The van der Waals surface area contributed by atoms with Crippen molar-refractivity contribution in [1.29, 1.82) is 0 Å². The quantitative estimate of drug-likeness (QED) is 0.526. The molecule has 4 aliphatic heterocycles. The van der Waals surface area contributed by atoms with Crippen LogP contribution in [0.1, 0.15) is 25.7 Å². The second-order valence-corrected chi connectivity index (χ2v) is 8.53. The molecule has 31 heavy (non-hydrogen) atoms. The number of ether oxygens (including phenoxy) is 3. The molecule has 4 heterocycles. The molecular weight excluding hydrogens is 402 g/mol. The molecule has 1 aromatic carbocycles. The van der Waals surface area contributed by atoms with Gasteiger partial charge in [-0.2, -0.15) is 0 Å². The minimum Gasteiger partial charge on any atom is -0.486 e. The highest BCUT2D eigenvalue weighted by Gasteiger charge is 2.51. The van der Waals surface area contributed by atoms with E-state index < -0.39 is 17.8 Å². The van der Waals surface area contributed by atoms with Crippen molar-refractivity contribution >= 4 is 17.8 Å². The maximum absolute atomic E-state index is 13.1. The Morgan fingerprint density at radius 1 is 0.903 bits per heavy atom. The molecule has 4 amide bonds. The minimum atomic E-state index is -0.700. The molecule has 0 aromatic heterocycles. The lowest BCUT2D eigenvalue weighted by Crippen LogP contribution is -2.53. The van der Waals surface area contributed by atoms with Gasteiger partial charge in [-0.1, -0.05) is 12.1 Å². The van der Waals surface area contributed by atoms with E-state index in [0.717, 1.165) is 24.5 Å². The van der Waals surface area contributed by atoms with Gasteiger partial charge in [-0.15, -0.1) is 0 Å². The number of piperidine rings is 1. The van der Waals surface area contributed by atoms with Crippen LogP contribution in [0.4, 0.5) is 4.79 Å². The third-order valence-corrected chi connectivity index (χ3v) is 6.46. The minimum absolute atomic E-state index is 0.126. The highest BCUT2D eigenvalue weighted by Crippen LogP contribution is 2.32. The predicted octanol–water partition coefficient (Wildman–Crippen LogP) is 1.26. The number of hydrogen-bond donors (Lipinski definition) is 0. The molecule has 166 valence electrons. The van der Waals surface area contributed by atoms with Gasteiger partial charge >= 0.3 is 17.8 Å². The second-order valence-electron chi connectivity index (χ2n) is 8.53. The van der Waals surface area contributed by atoms with Crippen molar-refractivity contribution in [3.63, 3.8) is 0 Å². The molecule has 9 heteroatoms. The first-order valence-electron chi connectivity index (χ1n) is 11.0. The van der Waals surface area contributed by atoms with Gasteiger partial charge in [0.15, 0.2) is 11.5 Å². The summed E-state index contributed by atoms with van der Waals surface area (Å²) < 4.78 is 17.2. The van der Waals surface area contributed by atoms with Crippen molar-refractivity contribution in [3.05, 3.63) is 24.3 Å². The van der Waals surface area contributed by atoms with Gasteiger partial charge in [-0.05, 0) is 44.4 Å². The number of imide groups is 2. The van der Waals surface area contributed by atoms with E-state index in [4.69, 9.17) is 14.2 Å². The number of urea groups is 1. The first kappa shape index (κ1) is 20.3. The first-order valence-corrected chi connectivity index (χ1v) is 11.0. The van der Waals surface area contributed by atoms with Gasteiger partial charge in [0.1, 0.15) is 12.7 Å². The molecule has 0 N–H and O–H groups in total. The number of likely N-dealkylation sites (tertiary alicyclic amines) is 1. The molecule has 2 unspecified atom stereocenters. The normalized spacial score (nSPS) is 27.8. The van der Waals surface area contributed by atoms with E-state index in [1.54, 1.807) is 0 Å². The van der Waals surface area contributed by atoms with Crippen molar-refractivity contribution in [3.8, 4) is 11.5 Å². The lowest BCUT2D eigenvalue weighted by Gasteiger charge is -2.38. The van der Waals surface area contributed by atoms with Gasteiger partial charge in [0.2, 0.25) is 0 Å². The second kappa shape index (κ2) is 8.47. The van der Waals surface area contributed by atoms with E-state index in [2.05, 4.69) is 4.90 Å². The van der Waals surface area contributed by atoms with Crippen LogP contribution in [-0.4, -0.2) is 90.2 Å². The molecule has 0 radical (unpaired) electrons. The maximum Gasteiger partial charge on any atom is 0.334 e. The highest BCUT2D eigenvalue weighted by molar-refractivity contribution is 6.44. The van der Waals surface area contributed by atoms with Crippen LogP contribution < -0.4 is 9.47 Å². The molecule has 4 aliphatic rings. The number of amides is 4. The van der Waals surface area contributed by atoms with Gasteiger partial charge in [0.05, 0.1) is 6.04 Å². The van der Waals surface area contributed by atoms with Crippen molar-refractivity contribution in [1.82, 2.24) is 14.7 Å². The number of nitrogens with zero attached hydrogens (tertiary/aromatic N) is 3. The molecule has 1 aromatic rings. The fourth-order valence-corrected chi connectivity index (χ4v) is 4.93. The van der Waals surface area contributed by atoms with E-state index in [0.29, 0.717) is 52.2 Å². The number of rotatable bonds is 4. The number of benzene rings is 1. The van der Waals surface area contributed by atoms with Crippen LogP contribution in [0.3, 0.4) is 0 Å². The van der Waals surface area contributed by atoms with Crippen LogP contribution in [0.15, 0.2) is 24.3 Å². The summed E-state index contributed by atoms with van der Waals surface area (Å²) in [5, 5.41) is 0. The van der Waals surface area contributed by atoms with E-state index in [1.165, 1.54) is 9.80 Å². The van der Waals surface area contributed by atoms with Gasteiger partial charge in [-0.25, -0.2) is 4.79 Å². The Kier molecular flexibility index (Phi) is 5.54. The molecule has 3 saturated heterocycles. The van der Waals surface area contributed by atoms with Gasteiger partial charge in [-0.3, -0.25) is 24.3 Å². The van der Waals surface area contributed by atoms with Gasteiger partial charge < -0.3 is 14.2 Å². The van der Waals surface area contributed by atoms with Crippen LogP contribution in [0.5, 0.6) is 11.5 Å². The number of carbonyl (C=O) groups excluding carboxylic acids is 3. The summed E-state index contributed by atoms with van der Waals surface area (Å²) in [4.78, 5) is 42.9. The van der Waals surface area contributed by atoms with E-state index >= 15 is 0 Å². The van der Waals surface area contributed by atoms with Crippen molar-refractivity contribution in [2.45, 2.75) is 43.9 Å². The number of hydrogen-bond acceptors (Lipinski definition) is 7. The van der Waals surface area contributed by atoms with Crippen LogP contribution in [0, 0.1) is 0 Å². The Bertz CT molecular complexity index is 871. The predicted molar refractivity (Wildman–Crippen MR) is 109 cm³/mol. The number of carbonyl (C=O) groups is 3. The monoisotopic (exact) mass is 429 g/mol. The summed E-state index contributed by atoms with van der Waals surface area (Å²) in [5.41, 5.74) is 0. The third-order valence-electron chi connectivity index (χ3n) is 6.46. The van der Waals surface area contributed by atoms with Gasteiger partial charge in [0.25, 0.3) is 0 Å². The molecule has 2 atom stereocenters. The summed E-state index contributed by atoms with van der Waals surface area (Å²) in [7, 11) is 0. The fourth-order valence-electron chi connectivity index (χ4n) is 4.93. The number of fused-ring (bicyclic) bond motifs is 1. The SMILES string of the molecule is O=C1C(=O)N(C2CCCN(CC3COc4ccccc4O3)C2)C(=O)N1C1CCOCC1. The zero-order valence-corrected chi connectivity index (χ0v) is 17.4. The lowest BCUT2D eigenvalue weighted by atomic mass is 10.0. The Morgan fingerprint density at radius 2 is 1.61 bits per heavy atom. The molecule has 9 nitrogen and oxygen atoms in total. The Labute approximate surface area is 180 Å². The standard InChI is InChI=1S/C22H27N3O6/c26-20-21(27)25(22(28)24(20)15-7-10-29-11-8-15)16-4-3-9-23(12-16)13-17-14-30-18-5-1-2-6-19(18)31-17/h1-2,5-6,15-17H,3-4,7-14H2. The average molecular weight is 429 g/mol. The van der Waals surface area contributed by atoms with Crippen LogP contribution >= 0.6 is 0 Å². The summed E-state index contributed by atoms with van der Waals surface area (Å²) in [5.74, 6) is 0.0781. The topological polar surface area (TPSA) is 88.6 Å². The van der Waals surface area contributed by atoms with Gasteiger partial charge in [0, 0.05) is 32.3 Å². The zero-order chi connectivity index (χ0) is 21.4. The molecule has 3 fully saturated rings. The molecule has 0 bridgehead atoms. The molecule has 0 saturated carbocycles. The molecular formula is C22H27N3O6. The van der Waals surface area contributed by atoms with E-state index in [-0.39, 0.29) is 18.2 Å². The Balaban J connectivity index is 1.23. The zero-order valence-electron chi connectivity index (χ0n) is 17.4. The average Bonchev–Trinajstić information content (AvgIpc) is 3.02. The Hall–Kier alpha value is -2.65. The van der Waals surface area contributed by atoms with E-state index in [9.17, 15) is 14.4 Å². The van der Waals surface area contributed by atoms with Crippen LogP contribution in [0.2, 0.25) is 0 Å². The summed E-state index contributed by atoms with van der Waals surface area (Å²) in [6.07, 6.45) is 2.58. The maximum atomic E-state index is 13.1. The number of para-hydroxylation sites is 2. The summed E-state index contributed by atoms with van der Waals surface area (Å²) >= 11 is 0. The smallest absolute Gasteiger partial charge is 0.334 e. The first-order chi connectivity index (χ1) is 15.1. The summed E-state index contributed by atoms with van der Waals surface area (Å²) in [6, 6.07) is 6.56. The van der Waals surface area contributed by atoms with E-state index in [1.807, 2.05) is 24.3 Å². The fraction of sp³-hybridized carbons (Fsp3) is 0.591. The van der Waals surface area contributed by atoms with Crippen molar-refractivity contribution in [2.24, 2.45) is 0 Å². The van der Waals surface area contributed by atoms with Crippen LogP contribution in [0.25, 0.3) is 0 Å². The third kappa shape index (κ3) is 3.87. The molecule has 0 aliphatic carbocycles. The largest absolute Gasteiger partial charge is 0.486 e. The molecule has 0 spiro atoms. The highest BCUT2D eigenvalue weighted by atomic mass is 16.6. The van der Waals surface area contributed by atoms with Crippen LogP contribution in [-0.2, 0) is 14.3 Å². The Morgan fingerprint density at radius 3 is 2.39 bits per heavy atom. The molecule has 5 rings (SSSR count).